The molecule has 1 fully saturated rings. The van der Waals surface area contributed by atoms with E-state index in [0.717, 1.165) is 0 Å². The lowest BCUT2D eigenvalue weighted by Crippen LogP contribution is -2.47. The van der Waals surface area contributed by atoms with E-state index in [2.05, 4.69) is 17.1 Å². The maximum atomic E-state index is 9.22. The second-order valence-electron chi connectivity index (χ2n) is 5.62. The van der Waals surface area contributed by atoms with Gasteiger partial charge in [-0.05, 0) is 38.9 Å². The molecule has 0 aromatic rings. The standard InChI is InChI=1S/C13H28N2O2/c1-3-6-15-7-4-12(5-8-15)14-9-13(2,10-16)11-17/h12,14,16-17H,3-11H2,1-2H3. The van der Waals surface area contributed by atoms with E-state index in [0.29, 0.717) is 12.6 Å². The summed E-state index contributed by atoms with van der Waals surface area (Å²) in [4.78, 5) is 2.51. The first kappa shape index (κ1) is 14.9. The third kappa shape index (κ3) is 4.92. The predicted molar refractivity (Wildman–Crippen MR) is 70.0 cm³/mol. The Morgan fingerprint density at radius 1 is 1.24 bits per heavy atom. The van der Waals surface area contributed by atoms with Crippen molar-refractivity contribution in [3.63, 3.8) is 0 Å². The van der Waals surface area contributed by atoms with E-state index >= 15 is 0 Å². The third-order valence-electron chi connectivity index (χ3n) is 3.71. The fraction of sp³-hybridized carbons (Fsp3) is 1.00. The average Bonchev–Trinajstić information content (AvgIpc) is 2.38. The van der Waals surface area contributed by atoms with Gasteiger partial charge in [-0.3, -0.25) is 0 Å². The van der Waals surface area contributed by atoms with Crippen molar-refractivity contribution in [3.8, 4) is 0 Å². The lowest BCUT2D eigenvalue weighted by atomic mass is 9.92. The summed E-state index contributed by atoms with van der Waals surface area (Å²) >= 11 is 0. The first-order valence-corrected chi connectivity index (χ1v) is 6.81. The Balaban J connectivity index is 2.22. The summed E-state index contributed by atoms with van der Waals surface area (Å²) in [5.74, 6) is 0. The minimum absolute atomic E-state index is 0.0329. The highest BCUT2D eigenvalue weighted by Gasteiger charge is 2.25. The van der Waals surface area contributed by atoms with E-state index in [1.807, 2.05) is 6.92 Å². The highest BCUT2D eigenvalue weighted by Crippen LogP contribution is 2.15. The van der Waals surface area contributed by atoms with Gasteiger partial charge in [0.2, 0.25) is 0 Å². The van der Waals surface area contributed by atoms with Gasteiger partial charge in [0.25, 0.3) is 0 Å². The van der Waals surface area contributed by atoms with Crippen molar-refractivity contribution in [2.45, 2.75) is 39.2 Å². The van der Waals surface area contributed by atoms with Gasteiger partial charge in [-0.2, -0.15) is 0 Å². The molecule has 102 valence electrons. The quantitative estimate of drug-likeness (QED) is 0.608. The number of aliphatic hydroxyl groups excluding tert-OH is 2. The third-order valence-corrected chi connectivity index (χ3v) is 3.71. The highest BCUT2D eigenvalue weighted by atomic mass is 16.3. The fourth-order valence-electron chi connectivity index (χ4n) is 2.23. The molecule has 1 heterocycles. The first-order valence-electron chi connectivity index (χ1n) is 6.81. The predicted octanol–water partition coefficient (Wildman–Crippen LogP) is 0.441. The smallest absolute Gasteiger partial charge is 0.0518 e. The molecular weight excluding hydrogens is 216 g/mol. The average molecular weight is 244 g/mol. The van der Waals surface area contributed by atoms with Crippen LogP contribution in [0.15, 0.2) is 0 Å². The molecular formula is C13H28N2O2. The molecule has 0 aromatic carbocycles. The Morgan fingerprint density at radius 2 is 1.82 bits per heavy atom. The maximum Gasteiger partial charge on any atom is 0.0518 e. The molecule has 0 radical (unpaired) electrons. The molecule has 1 saturated heterocycles. The monoisotopic (exact) mass is 244 g/mol. The summed E-state index contributed by atoms with van der Waals surface area (Å²) in [6.45, 7) is 8.43. The summed E-state index contributed by atoms with van der Waals surface area (Å²) in [5.41, 5.74) is -0.388. The summed E-state index contributed by atoms with van der Waals surface area (Å²) in [5, 5.41) is 21.9. The van der Waals surface area contributed by atoms with Crippen LogP contribution in [0.4, 0.5) is 0 Å². The Kier molecular flexibility index (Phi) is 6.41. The molecule has 0 spiro atoms. The number of hydrogen-bond acceptors (Lipinski definition) is 4. The Labute approximate surface area is 105 Å². The summed E-state index contributed by atoms with van der Waals surface area (Å²) in [7, 11) is 0. The lowest BCUT2D eigenvalue weighted by Gasteiger charge is -2.34. The van der Waals surface area contributed by atoms with Crippen LogP contribution in [0.25, 0.3) is 0 Å². The number of piperidine rings is 1. The second kappa shape index (κ2) is 7.31. The summed E-state index contributed by atoms with van der Waals surface area (Å²) < 4.78 is 0. The SMILES string of the molecule is CCCN1CCC(NCC(C)(CO)CO)CC1. The zero-order valence-electron chi connectivity index (χ0n) is 11.3. The normalized spacial score (nSPS) is 19.8. The number of aliphatic hydroxyl groups is 2. The topological polar surface area (TPSA) is 55.7 Å². The molecule has 4 heteroatoms. The van der Waals surface area contributed by atoms with Gasteiger partial charge < -0.3 is 20.4 Å². The van der Waals surface area contributed by atoms with Crippen LogP contribution < -0.4 is 5.32 Å². The van der Waals surface area contributed by atoms with Crippen LogP contribution in [0.1, 0.15) is 33.1 Å². The molecule has 0 atom stereocenters. The van der Waals surface area contributed by atoms with E-state index in [4.69, 9.17) is 0 Å². The van der Waals surface area contributed by atoms with Crippen molar-refractivity contribution in [2.24, 2.45) is 5.41 Å². The Hall–Kier alpha value is -0.160. The minimum atomic E-state index is -0.388. The lowest BCUT2D eigenvalue weighted by molar-refractivity contribution is 0.0640. The van der Waals surface area contributed by atoms with Crippen molar-refractivity contribution < 1.29 is 10.2 Å². The largest absolute Gasteiger partial charge is 0.396 e. The van der Waals surface area contributed by atoms with Crippen LogP contribution in [0, 0.1) is 5.41 Å². The van der Waals surface area contributed by atoms with Gasteiger partial charge in [-0.1, -0.05) is 13.8 Å². The molecule has 0 amide bonds. The van der Waals surface area contributed by atoms with Crippen molar-refractivity contribution in [1.29, 1.82) is 0 Å². The number of nitrogens with zero attached hydrogens (tertiary/aromatic N) is 1. The number of hydrogen-bond donors (Lipinski definition) is 3. The first-order chi connectivity index (χ1) is 8.13. The van der Waals surface area contributed by atoms with Gasteiger partial charge in [0.1, 0.15) is 0 Å². The molecule has 0 unspecified atom stereocenters. The van der Waals surface area contributed by atoms with Crippen molar-refractivity contribution in [2.75, 3.05) is 39.4 Å². The van der Waals surface area contributed by atoms with Crippen LogP contribution in [0.2, 0.25) is 0 Å². The fourth-order valence-corrected chi connectivity index (χ4v) is 2.23. The van der Waals surface area contributed by atoms with E-state index < -0.39 is 0 Å². The second-order valence-corrected chi connectivity index (χ2v) is 5.62. The molecule has 1 aliphatic rings. The van der Waals surface area contributed by atoms with Gasteiger partial charge in [0.05, 0.1) is 13.2 Å². The van der Waals surface area contributed by atoms with E-state index in [9.17, 15) is 10.2 Å². The summed E-state index contributed by atoms with van der Waals surface area (Å²) in [6.07, 6.45) is 3.57. The number of nitrogens with one attached hydrogen (secondary N) is 1. The van der Waals surface area contributed by atoms with Gasteiger partial charge >= 0.3 is 0 Å². The van der Waals surface area contributed by atoms with Crippen LogP contribution in [-0.4, -0.2) is 60.5 Å². The van der Waals surface area contributed by atoms with Crippen LogP contribution in [-0.2, 0) is 0 Å². The van der Waals surface area contributed by atoms with Crippen LogP contribution in [0.5, 0.6) is 0 Å². The van der Waals surface area contributed by atoms with E-state index in [1.165, 1.54) is 38.9 Å². The zero-order chi connectivity index (χ0) is 12.7. The van der Waals surface area contributed by atoms with Crippen molar-refractivity contribution in [3.05, 3.63) is 0 Å². The van der Waals surface area contributed by atoms with Gasteiger partial charge in [0, 0.05) is 18.0 Å². The van der Waals surface area contributed by atoms with Crippen molar-refractivity contribution >= 4 is 0 Å². The highest BCUT2D eigenvalue weighted by molar-refractivity contribution is 4.81. The molecule has 0 saturated carbocycles. The van der Waals surface area contributed by atoms with E-state index in [-0.39, 0.29) is 18.6 Å². The minimum Gasteiger partial charge on any atom is -0.396 e. The zero-order valence-corrected chi connectivity index (χ0v) is 11.3. The van der Waals surface area contributed by atoms with Gasteiger partial charge in [0.15, 0.2) is 0 Å². The Morgan fingerprint density at radius 3 is 2.29 bits per heavy atom. The summed E-state index contributed by atoms with van der Waals surface area (Å²) in [6, 6.07) is 0.542. The molecule has 17 heavy (non-hydrogen) atoms. The van der Waals surface area contributed by atoms with Gasteiger partial charge in [-0.25, -0.2) is 0 Å². The molecule has 0 aromatic heterocycles. The van der Waals surface area contributed by atoms with Crippen LogP contribution in [0.3, 0.4) is 0 Å². The van der Waals surface area contributed by atoms with Crippen molar-refractivity contribution in [1.82, 2.24) is 10.2 Å². The molecule has 3 N–H and O–H groups in total. The van der Waals surface area contributed by atoms with Gasteiger partial charge in [-0.15, -0.1) is 0 Å². The molecule has 0 aliphatic carbocycles. The van der Waals surface area contributed by atoms with E-state index in [1.54, 1.807) is 0 Å². The number of likely N-dealkylation sites (tertiary alicyclic amines) is 1. The molecule has 0 bridgehead atoms. The maximum absolute atomic E-state index is 9.22. The molecule has 1 aliphatic heterocycles. The molecule has 1 rings (SSSR count). The molecule has 4 nitrogen and oxygen atoms in total. The number of rotatable bonds is 7. The van der Waals surface area contributed by atoms with Crippen LogP contribution >= 0.6 is 0 Å². The Bertz CT molecular complexity index is 200.